The number of hydrogen-bond donors (Lipinski definition) is 0. The van der Waals surface area contributed by atoms with Crippen LogP contribution in [-0.4, -0.2) is 16.6 Å². The third-order valence-corrected chi connectivity index (χ3v) is 2.54. The molecule has 0 aliphatic heterocycles. The number of ketones is 1. The third kappa shape index (κ3) is 2.39. The Bertz CT molecular complexity index is 611. The molecule has 0 aliphatic carbocycles. The number of Topliss-reactive ketones (excluding diaryl/α,β-unsaturated/α-hetero) is 1. The molecule has 18 heavy (non-hydrogen) atoms. The zero-order valence-electron chi connectivity index (χ0n) is 9.87. The van der Waals surface area contributed by atoms with Crippen molar-refractivity contribution in [1.29, 1.82) is 0 Å². The van der Waals surface area contributed by atoms with Gasteiger partial charge in [-0.2, -0.15) is 10.4 Å². The normalized spacial score (nSPS) is 9.61. The van der Waals surface area contributed by atoms with Gasteiger partial charge in [-0.1, -0.05) is 0 Å². The van der Waals surface area contributed by atoms with E-state index in [1.807, 2.05) is 30.1 Å². The molecule has 0 fully saturated rings. The Labute approximate surface area is 105 Å². The maximum Gasteiger partial charge on any atom is 0.274 e. The fourth-order valence-electron chi connectivity index (χ4n) is 1.63. The van der Waals surface area contributed by atoms with Gasteiger partial charge in [0.15, 0.2) is 12.4 Å². The van der Waals surface area contributed by atoms with Gasteiger partial charge in [0.25, 0.3) is 5.70 Å². The number of nitrogens with zero attached hydrogens (tertiary/aromatic N) is 3. The quantitative estimate of drug-likeness (QED) is 0.463. The van der Waals surface area contributed by atoms with Crippen LogP contribution in [0.1, 0.15) is 6.92 Å². The molecule has 2 aromatic heterocycles. The minimum absolute atomic E-state index is 0.108. The summed E-state index contributed by atoms with van der Waals surface area (Å²) in [5.74, 6) is 1.65. The summed E-state index contributed by atoms with van der Waals surface area (Å²) in [5, 5.41) is 8.90. The number of pyridine rings is 2. The van der Waals surface area contributed by atoms with Gasteiger partial charge in [0.1, 0.15) is 0 Å². The second kappa shape index (κ2) is 5.17. The average Bonchev–Trinajstić information content (AvgIpc) is 2.41. The fraction of sp³-hybridized carbons (Fsp3) is 0.0714. The number of carbonyl (C=O) groups excluding carboxylic acids is 1. The molecule has 0 amide bonds. The van der Waals surface area contributed by atoms with Crippen molar-refractivity contribution >= 4 is 17.4 Å². The second-order valence-electron chi connectivity index (χ2n) is 3.75. The predicted octanol–water partition coefficient (Wildman–Crippen LogP) is 1.71. The van der Waals surface area contributed by atoms with Gasteiger partial charge >= 0.3 is 0 Å². The SMILES string of the molecule is CC(=O)C(=C=[N-])[n+]1ccc(-c2ccncc2)cc1. The summed E-state index contributed by atoms with van der Waals surface area (Å²) in [5.41, 5.74) is 2.16. The van der Waals surface area contributed by atoms with Crippen LogP contribution >= 0.6 is 0 Å². The first kappa shape index (κ1) is 11.9. The molecule has 0 aromatic carbocycles. The largest absolute Gasteiger partial charge is 0.758 e. The van der Waals surface area contributed by atoms with Crippen molar-refractivity contribution in [1.82, 2.24) is 4.98 Å². The van der Waals surface area contributed by atoms with Crippen LogP contribution in [0.2, 0.25) is 0 Å². The monoisotopic (exact) mass is 237 g/mol. The van der Waals surface area contributed by atoms with E-state index in [2.05, 4.69) is 4.98 Å². The summed E-state index contributed by atoms with van der Waals surface area (Å²) in [6.07, 6.45) is 6.85. The molecule has 4 heteroatoms. The molecule has 0 spiro atoms. The Hall–Kier alpha value is -2.58. The third-order valence-electron chi connectivity index (χ3n) is 2.54. The van der Waals surface area contributed by atoms with Crippen LogP contribution in [0, 0.1) is 0 Å². The molecule has 0 bridgehead atoms. The molecule has 0 N–H and O–H groups in total. The van der Waals surface area contributed by atoms with Gasteiger partial charge in [0.05, 0.1) is 0 Å². The summed E-state index contributed by atoms with van der Waals surface area (Å²) in [6, 6.07) is 7.52. The first-order valence-corrected chi connectivity index (χ1v) is 5.42. The van der Waals surface area contributed by atoms with Gasteiger partial charge in [-0.25, -0.2) is 0 Å². The molecule has 0 atom stereocenters. The van der Waals surface area contributed by atoms with Crippen molar-refractivity contribution in [2.75, 3.05) is 0 Å². The van der Waals surface area contributed by atoms with Gasteiger partial charge in [0.2, 0.25) is 5.78 Å². The smallest absolute Gasteiger partial charge is 0.274 e. The fourth-order valence-corrected chi connectivity index (χ4v) is 1.63. The van der Waals surface area contributed by atoms with Gasteiger partial charge in [0, 0.05) is 31.5 Å². The molecule has 4 nitrogen and oxygen atoms in total. The Kier molecular flexibility index (Phi) is 3.41. The summed E-state index contributed by atoms with van der Waals surface area (Å²) in [4.78, 5) is 15.2. The minimum atomic E-state index is -0.251. The Morgan fingerprint density at radius 1 is 1.17 bits per heavy atom. The molecule has 0 radical (unpaired) electrons. The standard InChI is InChI=1S/C14H11N3O/c1-11(18)14(10-15)17-8-4-13(5-9-17)12-2-6-16-7-3-12/h2-9H,1H3. The van der Waals surface area contributed by atoms with Crippen LogP contribution in [0.5, 0.6) is 0 Å². The van der Waals surface area contributed by atoms with E-state index in [9.17, 15) is 4.79 Å². The first-order valence-electron chi connectivity index (χ1n) is 5.42. The van der Waals surface area contributed by atoms with E-state index in [-0.39, 0.29) is 11.5 Å². The molecule has 2 heterocycles. The van der Waals surface area contributed by atoms with Crippen molar-refractivity contribution in [3.05, 3.63) is 54.5 Å². The summed E-state index contributed by atoms with van der Waals surface area (Å²) >= 11 is 0. The minimum Gasteiger partial charge on any atom is -0.758 e. The van der Waals surface area contributed by atoms with Crippen LogP contribution < -0.4 is 4.57 Å². The van der Waals surface area contributed by atoms with Gasteiger partial charge in [-0.15, -0.1) is 0 Å². The molecule has 0 unspecified atom stereocenters. The van der Waals surface area contributed by atoms with Gasteiger partial charge in [-0.05, 0) is 23.3 Å². The van der Waals surface area contributed by atoms with Crippen LogP contribution in [0.4, 0.5) is 0 Å². The van der Waals surface area contributed by atoms with E-state index in [4.69, 9.17) is 5.41 Å². The van der Waals surface area contributed by atoms with Crippen LogP contribution in [0.15, 0.2) is 49.1 Å². The topological polar surface area (TPSA) is 56.1 Å². The summed E-state index contributed by atoms with van der Waals surface area (Å²) in [6.45, 7) is 1.38. The van der Waals surface area contributed by atoms with Crippen molar-refractivity contribution in [2.45, 2.75) is 6.92 Å². The number of carbonyl (C=O) groups is 1. The molecule has 0 saturated heterocycles. The van der Waals surface area contributed by atoms with Crippen molar-refractivity contribution in [2.24, 2.45) is 0 Å². The molecule has 2 aromatic rings. The average molecular weight is 237 g/mol. The lowest BCUT2D eigenvalue weighted by Gasteiger charge is -2.00. The van der Waals surface area contributed by atoms with Crippen molar-refractivity contribution in [3.8, 4) is 11.1 Å². The van der Waals surface area contributed by atoms with Crippen LogP contribution in [0.25, 0.3) is 22.2 Å². The van der Waals surface area contributed by atoms with E-state index in [0.29, 0.717) is 0 Å². The molecule has 2 rings (SSSR count). The Morgan fingerprint density at radius 2 is 1.72 bits per heavy atom. The highest BCUT2D eigenvalue weighted by Gasteiger charge is 2.12. The van der Waals surface area contributed by atoms with E-state index < -0.39 is 0 Å². The second-order valence-corrected chi connectivity index (χ2v) is 3.75. The Morgan fingerprint density at radius 3 is 2.22 bits per heavy atom. The maximum atomic E-state index is 11.2. The molecular formula is C14H11N3O. The highest BCUT2D eigenvalue weighted by molar-refractivity contribution is 6.19. The van der Waals surface area contributed by atoms with Crippen molar-refractivity contribution < 1.29 is 9.36 Å². The number of hydrogen-bond acceptors (Lipinski definition) is 2. The van der Waals surface area contributed by atoms with Crippen molar-refractivity contribution in [3.63, 3.8) is 0 Å². The van der Waals surface area contributed by atoms with Crippen LogP contribution in [-0.2, 0) is 4.79 Å². The zero-order chi connectivity index (χ0) is 13.0. The van der Waals surface area contributed by atoms with E-state index in [0.717, 1.165) is 11.1 Å². The molecular weight excluding hydrogens is 226 g/mol. The summed E-state index contributed by atoms with van der Waals surface area (Å²) < 4.78 is 1.52. The van der Waals surface area contributed by atoms with Gasteiger partial charge < -0.3 is 5.41 Å². The maximum absolute atomic E-state index is 11.2. The highest BCUT2D eigenvalue weighted by atomic mass is 16.1. The Balaban J connectivity index is 2.37. The molecule has 88 valence electrons. The van der Waals surface area contributed by atoms with Gasteiger partial charge in [-0.3, -0.25) is 9.78 Å². The highest BCUT2D eigenvalue weighted by Crippen LogP contribution is 2.15. The van der Waals surface area contributed by atoms with Crippen LogP contribution in [0.3, 0.4) is 0 Å². The number of aromatic nitrogens is 2. The zero-order valence-corrected chi connectivity index (χ0v) is 9.87. The predicted molar refractivity (Wildman–Crippen MR) is 68.6 cm³/mol. The molecule has 0 aliphatic rings. The first-order chi connectivity index (χ1) is 8.72. The van der Waals surface area contributed by atoms with E-state index in [1.54, 1.807) is 24.8 Å². The molecule has 0 saturated carbocycles. The number of allylic oxidation sites excluding steroid dienone is 1. The summed E-state index contributed by atoms with van der Waals surface area (Å²) in [7, 11) is 0. The lowest BCUT2D eigenvalue weighted by Crippen LogP contribution is -2.35. The van der Waals surface area contributed by atoms with E-state index in [1.165, 1.54) is 11.5 Å². The lowest BCUT2D eigenvalue weighted by molar-refractivity contribution is -0.575. The number of rotatable bonds is 3. The lowest BCUT2D eigenvalue weighted by atomic mass is 10.1. The van der Waals surface area contributed by atoms with E-state index >= 15 is 0 Å².